The van der Waals surface area contributed by atoms with Gasteiger partial charge in [0, 0.05) is 48.6 Å². The second-order valence-corrected chi connectivity index (χ2v) is 7.34. The molecular formula is C23H28N4O3. The lowest BCUT2D eigenvalue weighted by Gasteiger charge is -2.17. The number of nitrogens with zero attached hydrogens (tertiary/aromatic N) is 1. The molecule has 2 aromatic heterocycles. The molecule has 0 radical (unpaired) electrons. The van der Waals surface area contributed by atoms with E-state index in [1.165, 1.54) is 6.20 Å². The van der Waals surface area contributed by atoms with E-state index in [0.717, 1.165) is 22.9 Å². The highest BCUT2D eigenvalue weighted by molar-refractivity contribution is 5.99. The molecule has 0 spiro atoms. The molecule has 30 heavy (non-hydrogen) atoms. The number of carbonyl (C=O) groups excluding carboxylic acids is 2. The van der Waals surface area contributed by atoms with Crippen LogP contribution in [0.3, 0.4) is 0 Å². The quantitative estimate of drug-likeness (QED) is 0.535. The minimum Gasteiger partial charge on any atom is -0.361 e. The lowest BCUT2D eigenvalue weighted by atomic mass is 10.1. The summed E-state index contributed by atoms with van der Waals surface area (Å²) in [6.07, 6.45) is 6.44. The first-order valence-corrected chi connectivity index (χ1v) is 10.3. The molecule has 3 rings (SSSR count). The molecule has 1 atom stereocenters. The molecule has 7 heteroatoms. The van der Waals surface area contributed by atoms with Crippen molar-refractivity contribution in [3.8, 4) is 0 Å². The summed E-state index contributed by atoms with van der Waals surface area (Å²) in [6.45, 7) is 6.56. The van der Waals surface area contributed by atoms with Crippen LogP contribution in [0.15, 0.2) is 47.7 Å². The van der Waals surface area contributed by atoms with Crippen molar-refractivity contribution in [2.24, 2.45) is 0 Å². The Kier molecular flexibility index (Phi) is 6.72. The van der Waals surface area contributed by atoms with Crippen molar-refractivity contribution in [2.75, 3.05) is 13.1 Å². The molecule has 0 aliphatic rings. The van der Waals surface area contributed by atoms with Gasteiger partial charge in [0.2, 0.25) is 5.43 Å². The Labute approximate surface area is 175 Å². The number of aromatic amines is 1. The summed E-state index contributed by atoms with van der Waals surface area (Å²) in [6, 6.07) is 8.03. The number of fused-ring (bicyclic) bond motifs is 1. The number of amides is 2. The van der Waals surface area contributed by atoms with Crippen molar-refractivity contribution >= 4 is 22.7 Å². The number of rotatable bonds is 8. The number of hydrogen-bond acceptors (Lipinski definition) is 3. The van der Waals surface area contributed by atoms with Crippen LogP contribution >= 0.6 is 0 Å². The first kappa shape index (κ1) is 21.4. The molecule has 0 saturated carbocycles. The third-order valence-electron chi connectivity index (χ3n) is 5.33. The Morgan fingerprint density at radius 1 is 1.07 bits per heavy atom. The van der Waals surface area contributed by atoms with Crippen LogP contribution < -0.4 is 16.1 Å². The van der Waals surface area contributed by atoms with Crippen LogP contribution in [-0.4, -0.2) is 34.5 Å². The van der Waals surface area contributed by atoms with E-state index >= 15 is 0 Å². The Balaban J connectivity index is 1.80. The lowest BCUT2D eigenvalue weighted by Crippen LogP contribution is -2.36. The summed E-state index contributed by atoms with van der Waals surface area (Å²) in [5.74, 6) is -0.934. The number of pyridine rings is 1. The molecule has 3 N–H and O–H groups in total. The third kappa shape index (κ3) is 4.45. The van der Waals surface area contributed by atoms with Crippen LogP contribution in [-0.2, 0) is 6.42 Å². The molecule has 0 bridgehead atoms. The molecule has 0 aliphatic heterocycles. The molecule has 0 aliphatic carbocycles. The maximum atomic E-state index is 12.8. The normalized spacial score (nSPS) is 12.0. The van der Waals surface area contributed by atoms with Crippen molar-refractivity contribution in [3.05, 3.63) is 69.8 Å². The maximum absolute atomic E-state index is 12.8. The van der Waals surface area contributed by atoms with Gasteiger partial charge >= 0.3 is 0 Å². The molecule has 2 amide bonds. The zero-order valence-electron chi connectivity index (χ0n) is 17.6. The van der Waals surface area contributed by atoms with Crippen LogP contribution in [0, 0.1) is 0 Å². The zero-order valence-corrected chi connectivity index (χ0v) is 17.6. The van der Waals surface area contributed by atoms with Gasteiger partial charge in [-0.2, -0.15) is 0 Å². The summed E-state index contributed by atoms with van der Waals surface area (Å²) in [4.78, 5) is 41.2. The van der Waals surface area contributed by atoms with Gasteiger partial charge in [0.25, 0.3) is 11.8 Å². The minimum absolute atomic E-state index is 0.0126. The van der Waals surface area contributed by atoms with Crippen LogP contribution in [0.2, 0.25) is 0 Å². The standard InChI is InChI=1S/C23H28N4O3/c1-4-15(3)27-13-18(22(29)24-5-2)21(28)19(14-27)23(30)25-11-10-16-12-26-20-9-7-6-8-17(16)20/h6-9,12-15,26H,4-5,10-11H2,1-3H3,(H,24,29)(H,25,30)/t15-/m0/s1. The van der Waals surface area contributed by atoms with Gasteiger partial charge in [-0.15, -0.1) is 0 Å². The summed E-state index contributed by atoms with van der Waals surface area (Å²) in [5.41, 5.74) is 1.56. The first-order valence-electron chi connectivity index (χ1n) is 10.3. The number of carbonyl (C=O) groups is 2. The Hall–Kier alpha value is -3.35. The summed E-state index contributed by atoms with van der Waals surface area (Å²) in [7, 11) is 0. The van der Waals surface area contributed by atoms with E-state index in [1.54, 1.807) is 17.7 Å². The highest BCUT2D eigenvalue weighted by Crippen LogP contribution is 2.17. The molecule has 0 fully saturated rings. The molecule has 158 valence electrons. The number of nitrogens with one attached hydrogen (secondary N) is 3. The topological polar surface area (TPSA) is 96.0 Å². The predicted molar refractivity (Wildman–Crippen MR) is 118 cm³/mol. The average molecular weight is 409 g/mol. The first-order chi connectivity index (χ1) is 14.5. The van der Waals surface area contributed by atoms with E-state index in [0.29, 0.717) is 19.5 Å². The fourth-order valence-electron chi connectivity index (χ4n) is 3.39. The highest BCUT2D eigenvalue weighted by Gasteiger charge is 2.20. The number of benzene rings is 1. The summed E-state index contributed by atoms with van der Waals surface area (Å²) < 4.78 is 1.76. The van der Waals surface area contributed by atoms with E-state index in [1.807, 2.05) is 44.3 Å². The van der Waals surface area contributed by atoms with Gasteiger partial charge in [0.1, 0.15) is 11.1 Å². The highest BCUT2D eigenvalue weighted by atomic mass is 16.2. The van der Waals surface area contributed by atoms with E-state index in [2.05, 4.69) is 15.6 Å². The van der Waals surface area contributed by atoms with Gasteiger partial charge in [0.15, 0.2) is 0 Å². The smallest absolute Gasteiger partial charge is 0.256 e. The number of H-pyrrole nitrogens is 1. The van der Waals surface area contributed by atoms with Gasteiger partial charge in [-0.1, -0.05) is 25.1 Å². The van der Waals surface area contributed by atoms with Crippen LogP contribution in [0.4, 0.5) is 0 Å². The van der Waals surface area contributed by atoms with Gasteiger partial charge in [-0.25, -0.2) is 0 Å². The zero-order chi connectivity index (χ0) is 21.7. The predicted octanol–water partition coefficient (Wildman–Crippen LogP) is 3.02. The Bertz CT molecular complexity index is 1110. The molecule has 3 aromatic rings. The lowest BCUT2D eigenvalue weighted by molar-refractivity contribution is 0.0951. The third-order valence-corrected chi connectivity index (χ3v) is 5.33. The largest absolute Gasteiger partial charge is 0.361 e. The minimum atomic E-state index is -0.551. The van der Waals surface area contributed by atoms with Crippen LogP contribution in [0.5, 0.6) is 0 Å². The molecular weight excluding hydrogens is 380 g/mol. The van der Waals surface area contributed by atoms with Crippen LogP contribution in [0.25, 0.3) is 10.9 Å². The number of para-hydroxylation sites is 1. The van der Waals surface area contributed by atoms with Crippen molar-refractivity contribution < 1.29 is 9.59 Å². The summed E-state index contributed by atoms with van der Waals surface area (Å²) >= 11 is 0. The van der Waals surface area contributed by atoms with Crippen molar-refractivity contribution in [2.45, 2.75) is 39.7 Å². The van der Waals surface area contributed by atoms with Crippen molar-refractivity contribution in [1.29, 1.82) is 0 Å². The SMILES string of the molecule is CCNC(=O)c1cn([C@@H](C)CC)cc(C(=O)NCCc2c[nH]c3ccccc23)c1=O. The monoisotopic (exact) mass is 408 g/mol. The number of aromatic nitrogens is 2. The molecule has 2 heterocycles. The fraction of sp³-hybridized carbons (Fsp3) is 0.348. The van der Waals surface area contributed by atoms with Crippen molar-refractivity contribution in [1.82, 2.24) is 20.2 Å². The maximum Gasteiger partial charge on any atom is 0.256 e. The number of hydrogen-bond donors (Lipinski definition) is 3. The van der Waals surface area contributed by atoms with Gasteiger partial charge in [0.05, 0.1) is 0 Å². The van der Waals surface area contributed by atoms with Gasteiger partial charge in [-0.05, 0) is 38.3 Å². The Morgan fingerprint density at radius 2 is 1.73 bits per heavy atom. The summed E-state index contributed by atoms with van der Waals surface area (Å²) in [5, 5.41) is 6.59. The van der Waals surface area contributed by atoms with Crippen LogP contribution in [0.1, 0.15) is 59.5 Å². The van der Waals surface area contributed by atoms with E-state index in [9.17, 15) is 14.4 Å². The Morgan fingerprint density at radius 3 is 2.40 bits per heavy atom. The second kappa shape index (κ2) is 9.43. The van der Waals surface area contributed by atoms with Crippen molar-refractivity contribution in [3.63, 3.8) is 0 Å². The average Bonchev–Trinajstić information content (AvgIpc) is 3.16. The van der Waals surface area contributed by atoms with Gasteiger partial charge in [-0.3, -0.25) is 14.4 Å². The fourth-order valence-corrected chi connectivity index (χ4v) is 3.39. The molecule has 0 unspecified atom stereocenters. The molecule has 7 nitrogen and oxygen atoms in total. The van der Waals surface area contributed by atoms with E-state index < -0.39 is 17.2 Å². The van der Waals surface area contributed by atoms with Gasteiger partial charge < -0.3 is 20.2 Å². The second-order valence-electron chi connectivity index (χ2n) is 7.34. The van der Waals surface area contributed by atoms with E-state index in [-0.39, 0.29) is 17.2 Å². The molecule has 1 aromatic carbocycles. The van der Waals surface area contributed by atoms with E-state index in [4.69, 9.17) is 0 Å². The molecule has 0 saturated heterocycles.